The molecule has 0 saturated heterocycles. The van der Waals surface area contributed by atoms with Gasteiger partial charge >= 0.3 is 11.9 Å². The Kier molecular flexibility index (Phi) is 13.9. The van der Waals surface area contributed by atoms with E-state index in [-0.39, 0.29) is 19.2 Å². The molecule has 17 heavy (non-hydrogen) atoms. The van der Waals surface area contributed by atoms with Gasteiger partial charge in [0, 0.05) is 12.8 Å². The molecule has 6 nitrogen and oxygen atoms in total. The predicted molar refractivity (Wildman–Crippen MR) is 61.5 cm³/mol. The van der Waals surface area contributed by atoms with Crippen LogP contribution in [0.15, 0.2) is 0 Å². The van der Waals surface area contributed by atoms with Crippen molar-refractivity contribution in [1.82, 2.24) is 0 Å². The van der Waals surface area contributed by atoms with E-state index in [1.807, 2.05) is 13.8 Å². The maximum Gasteiger partial charge on any atom is 0.305 e. The number of carboxylic acids is 1. The molecule has 0 aliphatic rings. The average Bonchev–Trinajstić information content (AvgIpc) is 2.27. The lowest BCUT2D eigenvalue weighted by Gasteiger charge is -2.07. The molecule has 0 heterocycles. The van der Waals surface area contributed by atoms with Gasteiger partial charge in [-0.2, -0.15) is 0 Å². The first-order valence-corrected chi connectivity index (χ1v) is 5.64. The highest BCUT2D eigenvalue weighted by molar-refractivity contribution is 5.69. The summed E-state index contributed by atoms with van der Waals surface area (Å²) < 4.78 is 4.59. The van der Waals surface area contributed by atoms with Gasteiger partial charge in [-0.15, -0.1) is 0 Å². The third-order valence-electron chi connectivity index (χ3n) is 1.57. The van der Waals surface area contributed by atoms with Crippen LogP contribution in [0.4, 0.5) is 0 Å². The van der Waals surface area contributed by atoms with Crippen molar-refractivity contribution in [2.75, 3.05) is 13.2 Å². The van der Waals surface area contributed by atoms with Gasteiger partial charge in [-0.1, -0.05) is 13.8 Å². The van der Waals surface area contributed by atoms with Crippen molar-refractivity contribution < 1.29 is 29.6 Å². The van der Waals surface area contributed by atoms with Crippen molar-refractivity contribution in [3.63, 3.8) is 0 Å². The Morgan fingerprint density at radius 1 is 1.18 bits per heavy atom. The Hall–Kier alpha value is -1.14. The molecule has 1 unspecified atom stereocenters. The lowest BCUT2D eigenvalue weighted by atomic mass is 10.3. The molecule has 0 spiro atoms. The minimum atomic E-state index is -0.948. The van der Waals surface area contributed by atoms with Gasteiger partial charge in [-0.3, -0.25) is 9.59 Å². The first kappa shape index (κ1) is 18.2. The molecule has 0 fully saturated rings. The smallest absolute Gasteiger partial charge is 0.305 e. The van der Waals surface area contributed by atoms with Crippen molar-refractivity contribution in [3.8, 4) is 0 Å². The summed E-state index contributed by atoms with van der Waals surface area (Å²) in [6.45, 7) is 3.21. The number of hydrogen-bond donors (Lipinski definition) is 3. The number of carbonyl (C=O) groups excluding carboxylic acids is 1. The quantitative estimate of drug-likeness (QED) is 0.570. The fourth-order valence-corrected chi connectivity index (χ4v) is 0.732. The van der Waals surface area contributed by atoms with Gasteiger partial charge in [-0.25, -0.2) is 0 Å². The van der Waals surface area contributed by atoms with Crippen molar-refractivity contribution in [2.45, 2.75) is 45.6 Å². The second-order valence-corrected chi connectivity index (χ2v) is 3.41. The van der Waals surface area contributed by atoms with E-state index in [9.17, 15) is 9.59 Å². The van der Waals surface area contributed by atoms with E-state index < -0.39 is 12.1 Å². The van der Waals surface area contributed by atoms with Crippen LogP contribution in [0.1, 0.15) is 39.5 Å². The number of aliphatic hydroxyl groups excluding tert-OH is 2. The van der Waals surface area contributed by atoms with Gasteiger partial charge < -0.3 is 20.1 Å². The zero-order valence-corrected chi connectivity index (χ0v) is 10.4. The Labute approximate surface area is 101 Å². The molecule has 0 radical (unpaired) electrons. The molecular weight excluding hydrogens is 228 g/mol. The van der Waals surface area contributed by atoms with Crippen LogP contribution < -0.4 is 0 Å². The van der Waals surface area contributed by atoms with Gasteiger partial charge in [0.2, 0.25) is 0 Å². The highest BCUT2D eigenvalue weighted by Crippen LogP contribution is 1.92. The molecule has 0 aromatic carbocycles. The average molecular weight is 250 g/mol. The predicted octanol–water partition coefficient (Wildman–Crippen LogP) is 0.554. The van der Waals surface area contributed by atoms with Crippen LogP contribution in [-0.2, 0) is 14.3 Å². The lowest BCUT2D eigenvalue weighted by Crippen LogP contribution is -2.21. The maximum atomic E-state index is 10.6. The summed E-state index contributed by atoms with van der Waals surface area (Å²) in [4.78, 5) is 20.2. The van der Waals surface area contributed by atoms with E-state index >= 15 is 0 Å². The molecule has 0 aromatic heterocycles. The molecule has 0 aromatic rings. The van der Waals surface area contributed by atoms with E-state index in [0.717, 1.165) is 12.8 Å². The Bertz CT molecular complexity index is 204. The number of carbonyl (C=O) groups is 2. The molecule has 0 rings (SSSR count). The minimum absolute atomic E-state index is 0.116. The normalized spacial score (nSPS) is 11.1. The second kappa shape index (κ2) is 12.9. The number of hydrogen-bond acceptors (Lipinski definition) is 5. The van der Waals surface area contributed by atoms with Crippen LogP contribution in [0.3, 0.4) is 0 Å². The van der Waals surface area contributed by atoms with Crippen molar-refractivity contribution >= 4 is 11.9 Å². The monoisotopic (exact) mass is 250 g/mol. The van der Waals surface area contributed by atoms with E-state index in [2.05, 4.69) is 4.74 Å². The third-order valence-corrected chi connectivity index (χ3v) is 1.57. The summed E-state index contributed by atoms with van der Waals surface area (Å²) in [5.74, 6) is -1.04. The Morgan fingerprint density at radius 2 is 1.71 bits per heavy atom. The van der Waals surface area contributed by atoms with E-state index in [4.69, 9.17) is 15.3 Å². The topological polar surface area (TPSA) is 104 Å². The number of carboxylic acid groups (broad SMARTS) is 1. The number of ether oxygens (including phenoxy) is 1. The SMILES string of the molecule is CCCC(=O)O.CCCC(=O)OCC(O)CO. The van der Waals surface area contributed by atoms with Crippen LogP contribution in [0.5, 0.6) is 0 Å². The van der Waals surface area contributed by atoms with Crippen LogP contribution in [0.25, 0.3) is 0 Å². The molecule has 1 atom stereocenters. The van der Waals surface area contributed by atoms with E-state index in [1.165, 1.54) is 0 Å². The zero-order valence-electron chi connectivity index (χ0n) is 10.4. The molecule has 102 valence electrons. The first-order valence-electron chi connectivity index (χ1n) is 5.64. The summed E-state index contributed by atoms with van der Waals surface area (Å²) in [7, 11) is 0. The Balaban J connectivity index is 0. The van der Waals surface area contributed by atoms with Crippen molar-refractivity contribution in [3.05, 3.63) is 0 Å². The molecule has 0 aliphatic heterocycles. The number of aliphatic hydroxyl groups is 2. The van der Waals surface area contributed by atoms with Crippen LogP contribution in [-0.4, -0.2) is 46.6 Å². The second-order valence-electron chi connectivity index (χ2n) is 3.41. The maximum absolute atomic E-state index is 10.6. The van der Waals surface area contributed by atoms with Crippen LogP contribution >= 0.6 is 0 Å². The van der Waals surface area contributed by atoms with Crippen LogP contribution in [0, 0.1) is 0 Å². The van der Waals surface area contributed by atoms with E-state index in [1.54, 1.807) is 0 Å². The number of aliphatic carboxylic acids is 1. The summed E-state index contributed by atoms with van der Waals surface area (Å²) in [5, 5.41) is 25.0. The van der Waals surface area contributed by atoms with E-state index in [0.29, 0.717) is 12.8 Å². The molecular formula is C11H22O6. The largest absolute Gasteiger partial charge is 0.481 e. The summed E-state index contributed by atoms with van der Waals surface area (Å²) >= 11 is 0. The molecule has 0 amide bonds. The fourth-order valence-electron chi connectivity index (χ4n) is 0.732. The summed E-state index contributed by atoms with van der Waals surface area (Å²) in [6, 6.07) is 0. The van der Waals surface area contributed by atoms with Gasteiger partial charge in [-0.05, 0) is 12.8 Å². The molecule has 3 N–H and O–H groups in total. The standard InChI is InChI=1S/C7H14O4.C4H8O2/c1-2-3-7(10)11-5-6(9)4-8;1-2-3-4(5)6/h6,8-9H,2-5H2,1H3;2-3H2,1H3,(H,5,6). The lowest BCUT2D eigenvalue weighted by molar-refractivity contribution is -0.147. The van der Waals surface area contributed by atoms with Crippen LogP contribution in [0.2, 0.25) is 0 Å². The molecule has 0 aliphatic carbocycles. The summed E-state index contributed by atoms with van der Waals surface area (Å²) in [5.41, 5.74) is 0. The summed E-state index contributed by atoms with van der Waals surface area (Å²) in [6.07, 6.45) is 1.16. The molecule has 0 bridgehead atoms. The highest BCUT2D eigenvalue weighted by atomic mass is 16.5. The zero-order chi connectivity index (χ0) is 13.7. The van der Waals surface area contributed by atoms with Crippen molar-refractivity contribution in [1.29, 1.82) is 0 Å². The minimum Gasteiger partial charge on any atom is -0.481 e. The molecule has 0 saturated carbocycles. The third kappa shape index (κ3) is 17.5. The van der Waals surface area contributed by atoms with Gasteiger partial charge in [0.15, 0.2) is 0 Å². The number of rotatable bonds is 7. The van der Waals surface area contributed by atoms with Gasteiger partial charge in [0.05, 0.1) is 6.61 Å². The highest BCUT2D eigenvalue weighted by Gasteiger charge is 2.05. The van der Waals surface area contributed by atoms with Gasteiger partial charge in [0.1, 0.15) is 12.7 Å². The molecule has 6 heteroatoms. The van der Waals surface area contributed by atoms with Crippen molar-refractivity contribution in [2.24, 2.45) is 0 Å². The first-order chi connectivity index (χ1) is 7.97. The number of esters is 1. The van der Waals surface area contributed by atoms with Gasteiger partial charge in [0.25, 0.3) is 0 Å². The fraction of sp³-hybridized carbons (Fsp3) is 0.818. The Morgan fingerprint density at radius 3 is 2.00 bits per heavy atom.